The fourth-order valence-corrected chi connectivity index (χ4v) is 3.58. The summed E-state index contributed by atoms with van der Waals surface area (Å²) in [5.41, 5.74) is -0.644. The number of rotatable bonds is 8. The van der Waals surface area contributed by atoms with Gasteiger partial charge in [-0.05, 0) is 19.3 Å². The van der Waals surface area contributed by atoms with Crippen molar-refractivity contribution in [3.63, 3.8) is 0 Å². The third kappa shape index (κ3) is 4.15. The fourth-order valence-electron chi connectivity index (χ4n) is 2.38. The fraction of sp³-hybridized carbons (Fsp3) is 0.538. The van der Waals surface area contributed by atoms with Gasteiger partial charge < -0.3 is 0 Å². The number of nitrogens with one attached hydrogen (secondary N) is 1. The van der Waals surface area contributed by atoms with Crippen molar-refractivity contribution in [3.05, 3.63) is 37.4 Å². The van der Waals surface area contributed by atoms with Gasteiger partial charge in [-0.3, -0.25) is 25.0 Å². The van der Waals surface area contributed by atoms with E-state index in [1.54, 1.807) is 20.8 Å². The van der Waals surface area contributed by atoms with Gasteiger partial charge in [0.15, 0.2) is 0 Å². The summed E-state index contributed by atoms with van der Waals surface area (Å²) >= 11 is 0. The molecule has 0 bridgehead atoms. The normalized spacial score (nSPS) is 11.3. The first kappa shape index (κ1) is 18.8. The average molecular weight is 345 g/mol. The van der Waals surface area contributed by atoms with Crippen LogP contribution in [0.15, 0.2) is 6.07 Å². The molecule has 1 aromatic rings. The number of nitro benzene ring substituents is 2. The Kier molecular flexibility index (Phi) is 6.02. The third-order valence-electron chi connectivity index (χ3n) is 3.33. The molecule has 0 saturated heterocycles. The molecule has 0 radical (unpaired) electrons. The monoisotopic (exact) mass is 345 g/mol. The van der Waals surface area contributed by atoms with Crippen LogP contribution in [-0.4, -0.2) is 24.0 Å². The highest BCUT2D eigenvalue weighted by atomic mass is 32.2. The van der Waals surface area contributed by atoms with Gasteiger partial charge in [-0.15, -0.1) is 0 Å². The molecule has 0 aliphatic rings. The van der Waals surface area contributed by atoms with Crippen molar-refractivity contribution >= 4 is 27.1 Å². The Labute approximate surface area is 134 Å². The molecule has 0 aromatic heterocycles. The summed E-state index contributed by atoms with van der Waals surface area (Å²) in [6.45, 7) is 4.94. The summed E-state index contributed by atoms with van der Waals surface area (Å²) in [5.74, 6) is -0.171. The van der Waals surface area contributed by atoms with Crippen LogP contribution in [0.5, 0.6) is 0 Å². The number of benzene rings is 1. The zero-order valence-corrected chi connectivity index (χ0v) is 14.0. The Bertz CT molecular complexity index is 689. The molecule has 0 aliphatic heterocycles. The first-order valence-electron chi connectivity index (χ1n) is 7.16. The van der Waals surface area contributed by atoms with Crippen LogP contribution in [0.3, 0.4) is 0 Å². The molecule has 23 heavy (non-hydrogen) atoms. The zero-order chi connectivity index (χ0) is 17.8. The van der Waals surface area contributed by atoms with Crippen LogP contribution in [0.25, 0.3) is 0 Å². The molecule has 128 valence electrons. The summed E-state index contributed by atoms with van der Waals surface area (Å²) < 4.78 is 26.4. The second-order valence-electron chi connectivity index (χ2n) is 4.89. The van der Waals surface area contributed by atoms with Crippen LogP contribution in [0, 0.1) is 20.2 Å². The number of sulfonamides is 1. The summed E-state index contributed by atoms with van der Waals surface area (Å²) in [4.78, 5) is 20.9. The topological polar surface area (TPSA) is 132 Å². The minimum Gasteiger partial charge on any atom is -0.282 e. The molecule has 0 heterocycles. The Morgan fingerprint density at radius 1 is 1.00 bits per heavy atom. The molecular formula is C13H19N3O6S. The van der Waals surface area contributed by atoms with Crippen LogP contribution in [0.2, 0.25) is 0 Å². The van der Waals surface area contributed by atoms with Gasteiger partial charge >= 0.3 is 0 Å². The largest absolute Gasteiger partial charge is 0.282 e. The van der Waals surface area contributed by atoms with Crippen LogP contribution in [0.4, 0.5) is 17.1 Å². The smallest absolute Gasteiger partial charge is 0.281 e. The van der Waals surface area contributed by atoms with E-state index < -0.39 is 31.2 Å². The predicted octanol–water partition coefficient (Wildman–Crippen LogP) is 2.78. The van der Waals surface area contributed by atoms with Gasteiger partial charge in [0.25, 0.3) is 11.4 Å². The van der Waals surface area contributed by atoms with E-state index in [4.69, 9.17) is 0 Å². The second kappa shape index (κ2) is 7.36. The van der Waals surface area contributed by atoms with E-state index >= 15 is 0 Å². The molecule has 0 unspecified atom stereocenters. The molecule has 0 saturated carbocycles. The third-order valence-corrected chi connectivity index (χ3v) is 4.79. The average Bonchev–Trinajstić information content (AvgIpc) is 2.45. The maximum absolute atomic E-state index is 12.0. The molecule has 10 heteroatoms. The summed E-state index contributed by atoms with van der Waals surface area (Å²) in [6, 6.07) is 0.898. The number of hydrogen-bond donors (Lipinski definition) is 1. The van der Waals surface area contributed by atoms with Crippen molar-refractivity contribution < 1.29 is 18.3 Å². The minimum absolute atomic E-state index is 0.0376. The van der Waals surface area contributed by atoms with Gasteiger partial charge in [0, 0.05) is 0 Å². The zero-order valence-electron chi connectivity index (χ0n) is 13.2. The van der Waals surface area contributed by atoms with Crippen molar-refractivity contribution in [3.8, 4) is 0 Å². The lowest BCUT2D eigenvalue weighted by molar-refractivity contribution is -0.394. The van der Waals surface area contributed by atoms with E-state index in [2.05, 4.69) is 4.72 Å². The van der Waals surface area contributed by atoms with Crippen LogP contribution in [0.1, 0.15) is 38.3 Å². The molecule has 1 N–H and O–H groups in total. The molecule has 1 aromatic carbocycles. The molecule has 0 atom stereocenters. The van der Waals surface area contributed by atoms with E-state index in [1.165, 1.54) is 0 Å². The Hall–Kier alpha value is -2.23. The highest BCUT2D eigenvalue weighted by molar-refractivity contribution is 7.92. The van der Waals surface area contributed by atoms with Gasteiger partial charge in [-0.25, -0.2) is 8.42 Å². The van der Waals surface area contributed by atoms with Gasteiger partial charge in [0.1, 0.15) is 0 Å². The molecule has 0 aliphatic carbocycles. The maximum Gasteiger partial charge on any atom is 0.281 e. The first-order chi connectivity index (χ1) is 10.7. The van der Waals surface area contributed by atoms with Gasteiger partial charge in [0.05, 0.1) is 38.5 Å². The molecule has 0 fully saturated rings. The Morgan fingerprint density at radius 2 is 1.43 bits per heavy atom. The van der Waals surface area contributed by atoms with E-state index in [9.17, 15) is 28.6 Å². The van der Waals surface area contributed by atoms with E-state index in [0.717, 1.165) is 6.07 Å². The van der Waals surface area contributed by atoms with Crippen LogP contribution < -0.4 is 4.72 Å². The number of anilines is 1. The quantitative estimate of drug-likeness (QED) is 0.569. The molecular weight excluding hydrogens is 326 g/mol. The number of hydrogen-bond acceptors (Lipinski definition) is 6. The second-order valence-corrected chi connectivity index (χ2v) is 6.73. The molecule has 0 spiro atoms. The predicted molar refractivity (Wildman–Crippen MR) is 86.2 cm³/mol. The summed E-state index contributed by atoms with van der Waals surface area (Å²) in [5, 5.41) is 22.4. The molecule has 1 rings (SSSR count). The number of nitro groups is 2. The van der Waals surface area contributed by atoms with Crippen molar-refractivity contribution in [1.82, 2.24) is 0 Å². The Balaban J connectivity index is 3.74. The van der Waals surface area contributed by atoms with E-state index in [-0.39, 0.29) is 35.4 Å². The summed E-state index contributed by atoms with van der Waals surface area (Å²) in [7, 11) is -3.73. The lowest BCUT2D eigenvalue weighted by Crippen LogP contribution is -2.19. The van der Waals surface area contributed by atoms with E-state index in [1.807, 2.05) is 0 Å². The van der Waals surface area contributed by atoms with Crippen LogP contribution in [-0.2, 0) is 22.9 Å². The standard InChI is InChI=1S/C13H19N3O6S/c1-4-7-23(21,22)14-13-9(5-2)11(15(17)18)8-12(16(19)20)10(13)6-3/h8,14H,4-7H2,1-3H3. The molecule has 0 amide bonds. The van der Waals surface area contributed by atoms with Crippen molar-refractivity contribution in [2.24, 2.45) is 0 Å². The van der Waals surface area contributed by atoms with Gasteiger partial charge in [-0.1, -0.05) is 20.8 Å². The minimum atomic E-state index is -3.73. The van der Waals surface area contributed by atoms with Crippen molar-refractivity contribution in [2.45, 2.75) is 40.0 Å². The van der Waals surface area contributed by atoms with E-state index in [0.29, 0.717) is 6.42 Å². The SMILES string of the molecule is CCCS(=O)(=O)Nc1c(CC)c([N+](=O)[O-])cc([N+](=O)[O-])c1CC. The lowest BCUT2D eigenvalue weighted by atomic mass is 9.99. The lowest BCUT2D eigenvalue weighted by Gasteiger charge is -2.16. The van der Waals surface area contributed by atoms with Gasteiger partial charge in [0.2, 0.25) is 10.0 Å². The molecule has 9 nitrogen and oxygen atoms in total. The van der Waals surface area contributed by atoms with Crippen molar-refractivity contribution in [1.29, 1.82) is 0 Å². The Morgan fingerprint density at radius 3 is 1.74 bits per heavy atom. The summed E-state index contributed by atoms with van der Waals surface area (Å²) in [6.07, 6.45) is 0.700. The van der Waals surface area contributed by atoms with Crippen LogP contribution >= 0.6 is 0 Å². The highest BCUT2D eigenvalue weighted by Crippen LogP contribution is 2.38. The van der Waals surface area contributed by atoms with Crippen molar-refractivity contribution in [2.75, 3.05) is 10.5 Å². The highest BCUT2D eigenvalue weighted by Gasteiger charge is 2.29. The van der Waals surface area contributed by atoms with Gasteiger partial charge in [-0.2, -0.15) is 0 Å². The first-order valence-corrected chi connectivity index (χ1v) is 8.81. The maximum atomic E-state index is 12.0. The number of nitrogens with zero attached hydrogens (tertiary/aromatic N) is 2.